The van der Waals surface area contributed by atoms with Crippen LogP contribution >= 0.6 is 23.2 Å². The molecule has 1 saturated heterocycles. The number of hydrogen-bond acceptors (Lipinski definition) is 7. The molecule has 0 saturated carbocycles. The molecule has 0 unspecified atom stereocenters. The second-order valence-corrected chi connectivity index (χ2v) is 9.46. The standard InChI is InChI=1S/C19H24Cl2N2O7S/c1-3-29-19(26)13-6-8-23(9-7-13)17(24)11-30-18(25)12(2)22-31(27,28)14-4-5-15(20)16(21)10-14/h4-5,10,12-13,22H,3,6-9,11H2,1-2H3/t12-/m0/s1. The van der Waals surface area contributed by atoms with E-state index in [0.717, 1.165) is 6.07 Å². The second kappa shape index (κ2) is 11.1. The van der Waals surface area contributed by atoms with E-state index < -0.39 is 34.5 Å². The summed E-state index contributed by atoms with van der Waals surface area (Å²) < 4.78 is 36.9. The fraction of sp³-hybridized carbons (Fsp3) is 0.526. The number of halogens is 2. The first-order valence-electron chi connectivity index (χ1n) is 9.63. The van der Waals surface area contributed by atoms with Crippen molar-refractivity contribution in [2.24, 2.45) is 5.92 Å². The minimum absolute atomic E-state index is 0.0529. The average Bonchev–Trinajstić information content (AvgIpc) is 2.73. The summed E-state index contributed by atoms with van der Waals surface area (Å²) in [6.07, 6.45) is 0.941. The van der Waals surface area contributed by atoms with Gasteiger partial charge in [0.2, 0.25) is 10.0 Å². The van der Waals surface area contributed by atoms with Crippen LogP contribution in [0.5, 0.6) is 0 Å². The van der Waals surface area contributed by atoms with Gasteiger partial charge in [0, 0.05) is 13.1 Å². The van der Waals surface area contributed by atoms with Gasteiger partial charge in [-0.15, -0.1) is 0 Å². The summed E-state index contributed by atoms with van der Waals surface area (Å²) in [5.74, 6) is -1.85. The van der Waals surface area contributed by atoms with Crippen molar-refractivity contribution in [3.63, 3.8) is 0 Å². The van der Waals surface area contributed by atoms with Gasteiger partial charge in [0.1, 0.15) is 6.04 Å². The van der Waals surface area contributed by atoms with Crippen molar-refractivity contribution in [3.05, 3.63) is 28.2 Å². The van der Waals surface area contributed by atoms with Crippen molar-refractivity contribution in [1.29, 1.82) is 0 Å². The largest absolute Gasteiger partial charge is 0.466 e. The van der Waals surface area contributed by atoms with Gasteiger partial charge in [-0.25, -0.2) is 8.42 Å². The maximum Gasteiger partial charge on any atom is 0.324 e. The molecule has 0 radical (unpaired) electrons. The van der Waals surface area contributed by atoms with Crippen LogP contribution in [0.3, 0.4) is 0 Å². The first-order chi connectivity index (χ1) is 14.5. The fourth-order valence-corrected chi connectivity index (χ4v) is 4.55. The van der Waals surface area contributed by atoms with Gasteiger partial charge in [0.25, 0.3) is 5.91 Å². The summed E-state index contributed by atoms with van der Waals surface area (Å²) in [7, 11) is -4.05. The number of sulfonamides is 1. The molecule has 1 aromatic carbocycles. The lowest BCUT2D eigenvalue weighted by molar-refractivity contribution is -0.155. The van der Waals surface area contributed by atoms with E-state index in [0.29, 0.717) is 32.5 Å². The second-order valence-electron chi connectivity index (χ2n) is 6.93. The van der Waals surface area contributed by atoms with Gasteiger partial charge in [-0.05, 0) is 44.9 Å². The molecule has 1 heterocycles. The average molecular weight is 495 g/mol. The number of nitrogens with zero attached hydrogens (tertiary/aromatic N) is 1. The zero-order valence-corrected chi connectivity index (χ0v) is 19.4. The third-order valence-electron chi connectivity index (χ3n) is 4.69. The van der Waals surface area contributed by atoms with Gasteiger partial charge in [-0.2, -0.15) is 4.72 Å². The molecular weight excluding hydrogens is 471 g/mol. The number of piperidine rings is 1. The number of esters is 2. The summed E-state index contributed by atoms with van der Waals surface area (Å²) in [6.45, 7) is 3.50. The zero-order chi connectivity index (χ0) is 23.2. The normalized spacial score (nSPS) is 15.9. The van der Waals surface area contributed by atoms with Crippen molar-refractivity contribution >= 4 is 51.1 Å². The molecule has 9 nitrogen and oxygen atoms in total. The quantitative estimate of drug-likeness (QED) is 0.548. The Hall–Kier alpha value is -1.88. The molecule has 1 amide bonds. The highest BCUT2D eigenvalue weighted by Gasteiger charge is 2.29. The van der Waals surface area contributed by atoms with E-state index in [1.165, 1.54) is 24.0 Å². The molecule has 0 aromatic heterocycles. The highest BCUT2D eigenvalue weighted by molar-refractivity contribution is 7.89. The minimum Gasteiger partial charge on any atom is -0.466 e. The smallest absolute Gasteiger partial charge is 0.324 e. The van der Waals surface area contributed by atoms with Crippen LogP contribution in [0.15, 0.2) is 23.1 Å². The van der Waals surface area contributed by atoms with E-state index in [-0.39, 0.29) is 26.8 Å². The maximum absolute atomic E-state index is 12.4. The highest BCUT2D eigenvalue weighted by Crippen LogP contribution is 2.25. The third-order valence-corrected chi connectivity index (χ3v) is 6.97. The predicted octanol–water partition coefficient (Wildman–Crippen LogP) is 2.01. The third kappa shape index (κ3) is 7.06. The Kier molecular flexibility index (Phi) is 9.11. The van der Waals surface area contributed by atoms with Gasteiger partial charge in [0.15, 0.2) is 6.61 Å². The maximum atomic E-state index is 12.4. The Morgan fingerprint density at radius 1 is 1.16 bits per heavy atom. The first kappa shape index (κ1) is 25.4. The molecule has 1 fully saturated rings. The number of carbonyl (C=O) groups is 3. The SMILES string of the molecule is CCOC(=O)C1CCN(C(=O)COC(=O)[C@H](C)NS(=O)(=O)c2ccc(Cl)c(Cl)c2)CC1. The van der Waals surface area contributed by atoms with E-state index >= 15 is 0 Å². The van der Waals surface area contributed by atoms with Crippen LogP contribution in [0.4, 0.5) is 0 Å². The van der Waals surface area contributed by atoms with E-state index in [9.17, 15) is 22.8 Å². The highest BCUT2D eigenvalue weighted by atomic mass is 35.5. The fourth-order valence-electron chi connectivity index (χ4n) is 2.97. The lowest BCUT2D eigenvalue weighted by atomic mass is 9.97. The summed E-state index contributed by atoms with van der Waals surface area (Å²) in [5, 5.41) is 0.245. The van der Waals surface area contributed by atoms with Gasteiger partial charge in [0.05, 0.1) is 27.5 Å². The lowest BCUT2D eigenvalue weighted by Gasteiger charge is -2.30. The monoisotopic (exact) mass is 494 g/mol. The van der Waals surface area contributed by atoms with Gasteiger partial charge in [-0.1, -0.05) is 23.2 Å². The molecule has 1 aromatic rings. The molecule has 0 aliphatic carbocycles. The molecule has 172 valence electrons. The molecule has 12 heteroatoms. The number of likely N-dealkylation sites (tertiary alicyclic amines) is 1. The van der Waals surface area contributed by atoms with Gasteiger partial charge < -0.3 is 14.4 Å². The topological polar surface area (TPSA) is 119 Å². The van der Waals surface area contributed by atoms with Crippen LogP contribution in [0.2, 0.25) is 10.0 Å². The number of hydrogen-bond donors (Lipinski definition) is 1. The van der Waals surface area contributed by atoms with Gasteiger partial charge >= 0.3 is 11.9 Å². The Morgan fingerprint density at radius 3 is 2.39 bits per heavy atom. The van der Waals surface area contributed by atoms with E-state index in [1.54, 1.807) is 6.92 Å². The van der Waals surface area contributed by atoms with Crippen molar-refractivity contribution in [1.82, 2.24) is 9.62 Å². The number of rotatable bonds is 8. The molecule has 2 rings (SSSR count). The van der Waals surface area contributed by atoms with Crippen LogP contribution in [0.1, 0.15) is 26.7 Å². The Morgan fingerprint density at radius 2 is 1.81 bits per heavy atom. The van der Waals surface area contributed by atoms with Crippen molar-refractivity contribution < 1.29 is 32.3 Å². The molecular formula is C19H24Cl2N2O7S. The van der Waals surface area contributed by atoms with Crippen LogP contribution in [-0.4, -0.2) is 63.5 Å². The zero-order valence-electron chi connectivity index (χ0n) is 17.1. The lowest BCUT2D eigenvalue weighted by Crippen LogP contribution is -2.44. The summed E-state index contributed by atoms with van der Waals surface area (Å²) in [5.41, 5.74) is 0. The number of nitrogens with one attached hydrogen (secondary N) is 1. The molecule has 1 atom stereocenters. The van der Waals surface area contributed by atoms with E-state index in [1.807, 2.05) is 0 Å². The van der Waals surface area contributed by atoms with Crippen LogP contribution in [0.25, 0.3) is 0 Å². The summed E-state index contributed by atoms with van der Waals surface area (Å²) >= 11 is 11.6. The van der Waals surface area contributed by atoms with Crippen LogP contribution < -0.4 is 4.72 Å². The number of ether oxygens (including phenoxy) is 2. The summed E-state index contributed by atoms with van der Waals surface area (Å²) in [6, 6.07) is 2.50. The number of carbonyl (C=O) groups excluding carboxylic acids is 3. The number of amides is 1. The minimum atomic E-state index is -4.05. The van der Waals surface area contributed by atoms with Crippen molar-refractivity contribution in [2.75, 3.05) is 26.3 Å². The Bertz CT molecular complexity index is 931. The molecule has 0 bridgehead atoms. The molecule has 1 N–H and O–H groups in total. The Labute approximate surface area is 191 Å². The molecule has 1 aliphatic rings. The molecule has 31 heavy (non-hydrogen) atoms. The first-order valence-corrected chi connectivity index (χ1v) is 11.9. The van der Waals surface area contributed by atoms with Crippen molar-refractivity contribution in [3.8, 4) is 0 Å². The van der Waals surface area contributed by atoms with Crippen molar-refractivity contribution in [2.45, 2.75) is 37.6 Å². The van der Waals surface area contributed by atoms with Crippen LogP contribution in [-0.2, 0) is 33.9 Å². The van der Waals surface area contributed by atoms with E-state index in [2.05, 4.69) is 4.72 Å². The molecule has 0 spiro atoms. The Balaban J connectivity index is 1.83. The summed E-state index contributed by atoms with van der Waals surface area (Å²) in [4.78, 5) is 37.5. The van der Waals surface area contributed by atoms with Gasteiger partial charge in [-0.3, -0.25) is 14.4 Å². The molecule has 1 aliphatic heterocycles. The predicted molar refractivity (Wildman–Crippen MR) is 113 cm³/mol. The van der Waals surface area contributed by atoms with Crippen LogP contribution in [0, 0.1) is 5.92 Å². The van der Waals surface area contributed by atoms with E-state index in [4.69, 9.17) is 32.7 Å². The number of benzene rings is 1.